The molecule has 0 unspecified atom stereocenters. The Morgan fingerprint density at radius 2 is 2.38 bits per heavy atom. The van der Waals surface area contributed by atoms with E-state index in [4.69, 9.17) is 11.6 Å². The summed E-state index contributed by atoms with van der Waals surface area (Å²) in [5.41, 5.74) is 0. The first-order chi connectivity index (χ1) is 7.83. The molecule has 3 rings (SSSR count). The van der Waals surface area contributed by atoms with E-state index in [0.717, 1.165) is 18.3 Å². The van der Waals surface area contributed by atoms with E-state index in [-0.39, 0.29) is 0 Å². The Hall–Kier alpha value is -1.36. The summed E-state index contributed by atoms with van der Waals surface area (Å²) in [5, 5.41) is 7.86. The van der Waals surface area contributed by atoms with Crippen molar-refractivity contribution in [1.29, 1.82) is 0 Å². The van der Waals surface area contributed by atoms with Crippen LogP contribution in [0.25, 0.3) is 5.78 Å². The highest BCUT2D eigenvalue weighted by Crippen LogP contribution is 2.32. The zero-order valence-electron chi connectivity index (χ0n) is 8.73. The number of aromatic nitrogens is 4. The van der Waals surface area contributed by atoms with Gasteiger partial charge in [0.25, 0.3) is 5.78 Å². The number of rotatable bonds is 4. The van der Waals surface area contributed by atoms with Gasteiger partial charge >= 0.3 is 0 Å². The van der Waals surface area contributed by atoms with Crippen molar-refractivity contribution < 1.29 is 0 Å². The smallest absolute Gasteiger partial charge is 0.255 e. The lowest BCUT2D eigenvalue weighted by Crippen LogP contribution is -2.08. The Morgan fingerprint density at radius 3 is 3.19 bits per heavy atom. The van der Waals surface area contributed by atoms with Gasteiger partial charge in [0.15, 0.2) is 0 Å². The van der Waals surface area contributed by atoms with E-state index in [1.807, 2.05) is 0 Å². The summed E-state index contributed by atoms with van der Waals surface area (Å²) in [6, 6.07) is 1.77. The Morgan fingerprint density at radius 1 is 1.50 bits per heavy atom. The van der Waals surface area contributed by atoms with Gasteiger partial charge in [-0.1, -0.05) is 24.4 Å². The van der Waals surface area contributed by atoms with Crippen LogP contribution in [0.4, 0.5) is 5.82 Å². The fraction of sp³-hybridized carbons (Fsp3) is 0.500. The average Bonchev–Trinajstić information content (AvgIpc) is 2.95. The SMILES string of the molecule is Clc1cc(NCCC2CC2)n2ncnc2n1. The van der Waals surface area contributed by atoms with Crippen molar-refractivity contribution in [2.24, 2.45) is 5.92 Å². The molecule has 0 aromatic carbocycles. The predicted octanol–water partition coefficient (Wildman–Crippen LogP) is 1.99. The summed E-state index contributed by atoms with van der Waals surface area (Å²) < 4.78 is 1.67. The number of hydrogen-bond acceptors (Lipinski definition) is 4. The molecular formula is C10H12ClN5. The van der Waals surface area contributed by atoms with Gasteiger partial charge in [-0.15, -0.1) is 0 Å². The Balaban J connectivity index is 1.80. The van der Waals surface area contributed by atoms with Gasteiger partial charge in [0.1, 0.15) is 17.3 Å². The third-order valence-electron chi connectivity index (χ3n) is 2.78. The molecule has 1 aliphatic rings. The van der Waals surface area contributed by atoms with Crippen molar-refractivity contribution in [2.45, 2.75) is 19.3 Å². The maximum Gasteiger partial charge on any atom is 0.255 e. The van der Waals surface area contributed by atoms with E-state index in [2.05, 4.69) is 20.4 Å². The first-order valence-corrected chi connectivity index (χ1v) is 5.81. The minimum absolute atomic E-state index is 0.439. The first-order valence-electron chi connectivity index (χ1n) is 5.43. The highest BCUT2D eigenvalue weighted by atomic mass is 35.5. The van der Waals surface area contributed by atoms with Crippen LogP contribution in [0.1, 0.15) is 19.3 Å². The van der Waals surface area contributed by atoms with Crippen LogP contribution < -0.4 is 5.32 Å². The van der Waals surface area contributed by atoms with Gasteiger partial charge in [-0.3, -0.25) is 0 Å². The number of anilines is 1. The lowest BCUT2D eigenvalue weighted by molar-refractivity contribution is 0.754. The lowest BCUT2D eigenvalue weighted by Gasteiger charge is -2.07. The van der Waals surface area contributed by atoms with Crippen LogP contribution in [0.15, 0.2) is 12.4 Å². The highest BCUT2D eigenvalue weighted by Gasteiger charge is 2.20. The third-order valence-corrected chi connectivity index (χ3v) is 2.97. The number of halogens is 1. The molecule has 1 aliphatic carbocycles. The Kier molecular flexibility index (Phi) is 2.40. The normalized spacial score (nSPS) is 15.6. The fourth-order valence-corrected chi connectivity index (χ4v) is 1.90. The van der Waals surface area contributed by atoms with Crippen LogP contribution in [0.5, 0.6) is 0 Å². The summed E-state index contributed by atoms with van der Waals surface area (Å²) >= 11 is 5.90. The molecule has 2 aromatic heterocycles. The van der Waals surface area contributed by atoms with Crippen molar-refractivity contribution in [2.75, 3.05) is 11.9 Å². The number of hydrogen-bond donors (Lipinski definition) is 1. The first kappa shape index (κ1) is 9.84. The maximum atomic E-state index is 5.90. The quantitative estimate of drug-likeness (QED) is 0.827. The van der Waals surface area contributed by atoms with Gasteiger partial charge in [-0.25, -0.2) is 0 Å². The van der Waals surface area contributed by atoms with Crippen molar-refractivity contribution in [1.82, 2.24) is 19.6 Å². The van der Waals surface area contributed by atoms with Gasteiger partial charge in [0.2, 0.25) is 0 Å². The van der Waals surface area contributed by atoms with E-state index in [9.17, 15) is 0 Å². The molecule has 16 heavy (non-hydrogen) atoms. The Bertz CT molecular complexity index is 505. The topological polar surface area (TPSA) is 55.1 Å². The third kappa shape index (κ3) is 1.95. The predicted molar refractivity (Wildman–Crippen MR) is 61.6 cm³/mol. The van der Waals surface area contributed by atoms with E-state index < -0.39 is 0 Å². The van der Waals surface area contributed by atoms with E-state index >= 15 is 0 Å². The molecule has 2 aromatic rings. The molecule has 0 spiro atoms. The van der Waals surface area contributed by atoms with Crippen molar-refractivity contribution in [3.63, 3.8) is 0 Å². The zero-order chi connectivity index (χ0) is 11.0. The van der Waals surface area contributed by atoms with Crippen LogP contribution in [-0.4, -0.2) is 26.1 Å². The molecule has 0 atom stereocenters. The summed E-state index contributed by atoms with van der Waals surface area (Å²) in [5.74, 6) is 2.30. The van der Waals surface area contributed by atoms with Crippen LogP contribution >= 0.6 is 11.6 Å². The van der Waals surface area contributed by atoms with Crippen LogP contribution in [0.2, 0.25) is 5.15 Å². The summed E-state index contributed by atoms with van der Waals surface area (Å²) in [7, 11) is 0. The minimum Gasteiger partial charge on any atom is -0.370 e. The van der Waals surface area contributed by atoms with Crippen molar-refractivity contribution in [3.05, 3.63) is 17.5 Å². The number of nitrogens with one attached hydrogen (secondary N) is 1. The largest absolute Gasteiger partial charge is 0.370 e. The monoisotopic (exact) mass is 237 g/mol. The fourth-order valence-electron chi connectivity index (χ4n) is 1.72. The zero-order valence-corrected chi connectivity index (χ0v) is 9.48. The van der Waals surface area contributed by atoms with E-state index in [0.29, 0.717) is 10.9 Å². The van der Waals surface area contributed by atoms with Crippen LogP contribution in [0, 0.1) is 5.92 Å². The van der Waals surface area contributed by atoms with Crippen molar-refractivity contribution >= 4 is 23.2 Å². The van der Waals surface area contributed by atoms with E-state index in [1.165, 1.54) is 25.6 Å². The maximum absolute atomic E-state index is 5.90. The molecule has 0 saturated heterocycles. The molecule has 0 aliphatic heterocycles. The molecule has 1 fully saturated rings. The molecule has 0 amide bonds. The van der Waals surface area contributed by atoms with Gasteiger partial charge in [0, 0.05) is 12.6 Å². The molecule has 1 N–H and O–H groups in total. The van der Waals surface area contributed by atoms with Gasteiger partial charge in [-0.05, 0) is 12.3 Å². The molecule has 84 valence electrons. The molecule has 0 bridgehead atoms. The van der Waals surface area contributed by atoms with Crippen molar-refractivity contribution in [3.8, 4) is 0 Å². The van der Waals surface area contributed by atoms with Gasteiger partial charge in [0.05, 0.1) is 0 Å². The standard InChI is InChI=1S/C10H12ClN5/c11-8-5-9(12-4-3-7-1-2-7)16-10(15-8)13-6-14-16/h5-7,12H,1-4H2. The van der Waals surface area contributed by atoms with E-state index in [1.54, 1.807) is 10.6 Å². The van der Waals surface area contributed by atoms with Crippen LogP contribution in [-0.2, 0) is 0 Å². The molecule has 5 nitrogen and oxygen atoms in total. The molecular weight excluding hydrogens is 226 g/mol. The second-order valence-electron chi connectivity index (χ2n) is 4.09. The number of nitrogens with zero attached hydrogens (tertiary/aromatic N) is 4. The average molecular weight is 238 g/mol. The second-order valence-corrected chi connectivity index (χ2v) is 4.48. The Labute approximate surface area is 97.8 Å². The molecule has 1 saturated carbocycles. The van der Waals surface area contributed by atoms with Crippen LogP contribution in [0.3, 0.4) is 0 Å². The van der Waals surface area contributed by atoms with Gasteiger partial charge in [-0.2, -0.15) is 19.6 Å². The lowest BCUT2D eigenvalue weighted by atomic mass is 10.3. The summed E-state index contributed by atoms with van der Waals surface area (Å²) in [6.07, 6.45) is 5.43. The minimum atomic E-state index is 0.439. The second kappa shape index (κ2) is 3.90. The molecule has 0 radical (unpaired) electrons. The summed E-state index contributed by atoms with van der Waals surface area (Å²) in [4.78, 5) is 8.08. The summed E-state index contributed by atoms with van der Waals surface area (Å²) in [6.45, 7) is 0.944. The number of fused-ring (bicyclic) bond motifs is 1. The highest BCUT2D eigenvalue weighted by molar-refractivity contribution is 6.29. The molecule has 6 heteroatoms. The van der Waals surface area contributed by atoms with Gasteiger partial charge < -0.3 is 5.32 Å². The molecule has 2 heterocycles.